The van der Waals surface area contributed by atoms with Gasteiger partial charge in [0.2, 0.25) is 5.69 Å². The van der Waals surface area contributed by atoms with Crippen molar-refractivity contribution in [3.63, 3.8) is 0 Å². The van der Waals surface area contributed by atoms with Gasteiger partial charge in [-0.05, 0) is 57.9 Å². The number of fused-ring (bicyclic) bond motifs is 2. The first-order chi connectivity index (χ1) is 14.2. The number of nitrogens with zero attached hydrogens (tertiary/aromatic N) is 2. The summed E-state index contributed by atoms with van der Waals surface area (Å²) in [5.74, 6) is 0. The van der Waals surface area contributed by atoms with Crippen molar-refractivity contribution in [2.45, 2.75) is 59.3 Å². The van der Waals surface area contributed by atoms with Gasteiger partial charge in [0.25, 0.3) is 0 Å². The van der Waals surface area contributed by atoms with Gasteiger partial charge >= 0.3 is 0 Å². The number of anilines is 1. The third-order valence-electron chi connectivity index (χ3n) is 6.96. The first kappa shape index (κ1) is 23.8. The smallest absolute Gasteiger partial charge is 0.209 e. The molecule has 164 valence electrons. The normalized spacial score (nSPS) is 20.0. The van der Waals surface area contributed by atoms with Crippen molar-refractivity contribution in [1.29, 1.82) is 0 Å². The van der Waals surface area contributed by atoms with E-state index in [1.165, 1.54) is 39.5 Å². The Bertz CT molecular complexity index is 1090. The Hall–Kier alpha value is -1.88. The highest BCUT2D eigenvalue weighted by molar-refractivity contribution is 6.03. The number of likely N-dealkylation sites (N-methyl/N-ethyl adjacent to an activating group) is 1. The molecular weight excluding hydrogens is 491 g/mol. The van der Waals surface area contributed by atoms with E-state index in [-0.39, 0.29) is 34.8 Å². The second-order valence-corrected chi connectivity index (χ2v) is 9.58. The largest absolute Gasteiger partial charge is 1.00 e. The van der Waals surface area contributed by atoms with Crippen LogP contribution in [0.5, 0.6) is 0 Å². The zero-order chi connectivity index (χ0) is 21.7. The molecule has 0 amide bonds. The van der Waals surface area contributed by atoms with Gasteiger partial charge in [-0.3, -0.25) is 0 Å². The third-order valence-corrected chi connectivity index (χ3v) is 6.96. The Kier molecular flexibility index (Phi) is 6.57. The van der Waals surface area contributed by atoms with Gasteiger partial charge in [0.05, 0.1) is 5.41 Å². The Morgan fingerprint density at radius 1 is 0.903 bits per heavy atom. The van der Waals surface area contributed by atoms with Crippen LogP contribution in [0, 0.1) is 0 Å². The number of para-hydroxylation sites is 2. The van der Waals surface area contributed by atoms with Gasteiger partial charge in [0, 0.05) is 41.1 Å². The Balaban J connectivity index is 0.00000272. The van der Waals surface area contributed by atoms with Gasteiger partial charge in [-0.15, -0.1) is 0 Å². The average Bonchev–Trinajstić information content (AvgIpc) is 3.07. The Labute approximate surface area is 205 Å². The molecule has 0 aromatic heterocycles. The van der Waals surface area contributed by atoms with Crippen molar-refractivity contribution in [1.82, 2.24) is 0 Å². The molecule has 2 aliphatic heterocycles. The van der Waals surface area contributed by atoms with Gasteiger partial charge in [0.1, 0.15) is 6.54 Å². The van der Waals surface area contributed by atoms with Crippen molar-refractivity contribution in [2.24, 2.45) is 0 Å². The number of hydrogen-bond acceptors (Lipinski definition) is 1. The number of benzene rings is 2. The maximum Gasteiger partial charge on any atom is 0.209 e. The summed E-state index contributed by atoms with van der Waals surface area (Å²) in [4.78, 5) is 2.48. The summed E-state index contributed by atoms with van der Waals surface area (Å²) >= 11 is 0. The summed E-state index contributed by atoms with van der Waals surface area (Å²) in [6.07, 6.45) is 4.81. The van der Waals surface area contributed by atoms with Crippen LogP contribution in [-0.2, 0) is 10.8 Å². The lowest BCUT2D eigenvalue weighted by molar-refractivity contribution is -0.433. The Morgan fingerprint density at radius 2 is 1.52 bits per heavy atom. The minimum Gasteiger partial charge on any atom is -1.00 e. The molecule has 2 aromatic rings. The number of halogens is 1. The van der Waals surface area contributed by atoms with Crippen LogP contribution >= 0.6 is 0 Å². The fraction of sp³-hybridized carbons (Fsp3) is 0.393. The van der Waals surface area contributed by atoms with Crippen LogP contribution in [0.3, 0.4) is 0 Å². The first-order valence-electron chi connectivity index (χ1n) is 11.3. The van der Waals surface area contributed by atoms with E-state index in [9.17, 15) is 0 Å². The molecule has 0 fully saturated rings. The van der Waals surface area contributed by atoms with Crippen molar-refractivity contribution >= 4 is 17.1 Å². The predicted molar refractivity (Wildman–Crippen MR) is 129 cm³/mol. The second kappa shape index (κ2) is 8.57. The van der Waals surface area contributed by atoms with Crippen molar-refractivity contribution in [3.8, 4) is 0 Å². The van der Waals surface area contributed by atoms with E-state index in [2.05, 4.69) is 119 Å². The molecule has 2 heterocycles. The van der Waals surface area contributed by atoms with Crippen LogP contribution in [0.4, 0.5) is 11.4 Å². The highest BCUT2D eigenvalue weighted by atomic mass is 127. The molecule has 0 saturated heterocycles. The van der Waals surface area contributed by atoms with E-state index >= 15 is 0 Å². The van der Waals surface area contributed by atoms with Crippen LogP contribution in [0.25, 0.3) is 0 Å². The Morgan fingerprint density at radius 3 is 2.16 bits per heavy atom. The molecule has 0 aliphatic carbocycles. The molecule has 0 saturated carbocycles. The van der Waals surface area contributed by atoms with E-state index < -0.39 is 0 Å². The molecule has 31 heavy (non-hydrogen) atoms. The van der Waals surface area contributed by atoms with Gasteiger partial charge in [-0.1, -0.05) is 50.2 Å². The molecule has 2 aromatic carbocycles. The van der Waals surface area contributed by atoms with Gasteiger partial charge in [0.15, 0.2) is 5.71 Å². The molecule has 0 spiro atoms. The van der Waals surface area contributed by atoms with Crippen molar-refractivity contribution in [3.05, 3.63) is 83.1 Å². The van der Waals surface area contributed by atoms with Crippen molar-refractivity contribution < 1.29 is 28.6 Å². The second-order valence-electron chi connectivity index (χ2n) is 9.58. The lowest BCUT2D eigenvalue weighted by Gasteiger charge is -2.26. The number of allylic oxidation sites excluding steroid dienone is 4. The fourth-order valence-corrected chi connectivity index (χ4v) is 5.36. The van der Waals surface area contributed by atoms with Crippen LogP contribution in [-0.4, -0.2) is 23.4 Å². The summed E-state index contributed by atoms with van der Waals surface area (Å²) in [5, 5.41) is 0. The summed E-state index contributed by atoms with van der Waals surface area (Å²) in [6.45, 7) is 18.1. The molecule has 3 heteroatoms. The van der Waals surface area contributed by atoms with E-state index in [1.807, 2.05) is 0 Å². The SMILES string of the molecule is CCN1/C(=C\C(C)=C\C2=[N+](CC)c3ccccc3C2(C)C)C(C)(C)c2ccccc21.[I-]. The van der Waals surface area contributed by atoms with Gasteiger partial charge in [-0.2, -0.15) is 4.58 Å². The number of rotatable bonds is 4. The quantitative estimate of drug-likeness (QED) is 0.435. The van der Waals surface area contributed by atoms with Crippen LogP contribution in [0.1, 0.15) is 59.6 Å². The molecule has 0 radical (unpaired) electrons. The summed E-state index contributed by atoms with van der Waals surface area (Å²) < 4.78 is 2.48. The monoisotopic (exact) mass is 526 g/mol. The zero-order valence-electron chi connectivity index (χ0n) is 20.0. The van der Waals surface area contributed by atoms with Crippen molar-refractivity contribution in [2.75, 3.05) is 18.0 Å². The molecule has 4 rings (SSSR count). The predicted octanol–water partition coefficient (Wildman–Crippen LogP) is 3.73. The zero-order valence-corrected chi connectivity index (χ0v) is 22.1. The minimum atomic E-state index is 0. The fourth-order valence-electron chi connectivity index (χ4n) is 5.36. The van der Waals surface area contributed by atoms with Crippen LogP contribution in [0.2, 0.25) is 0 Å². The molecule has 2 nitrogen and oxygen atoms in total. The molecule has 2 aliphatic rings. The third kappa shape index (κ3) is 3.69. The highest BCUT2D eigenvalue weighted by Crippen LogP contribution is 2.48. The standard InChI is InChI=1S/C28H35N2.HI/c1-8-29-23-16-12-10-14-21(23)27(4,5)25(29)18-20(3)19-26-28(6,7)22-15-11-13-17-24(22)30(26)9-2;/h10-19H,8-9H2,1-7H3;1H/q+1;/p-1. The number of hydrogen-bond donors (Lipinski definition) is 0. The first-order valence-corrected chi connectivity index (χ1v) is 11.3. The average molecular weight is 527 g/mol. The molecule has 0 bridgehead atoms. The van der Waals surface area contributed by atoms with E-state index in [4.69, 9.17) is 0 Å². The molecule has 0 N–H and O–H groups in total. The van der Waals surface area contributed by atoms with E-state index in [0.717, 1.165) is 13.1 Å². The van der Waals surface area contributed by atoms with E-state index in [1.54, 1.807) is 0 Å². The summed E-state index contributed by atoms with van der Waals surface area (Å²) in [5.41, 5.74) is 9.62. The minimum absolute atomic E-state index is 0. The van der Waals surface area contributed by atoms with E-state index in [0.29, 0.717) is 0 Å². The molecular formula is C28H35IN2. The molecule has 0 unspecified atom stereocenters. The van der Waals surface area contributed by atoms with Crippen LogP contribution < -0.4 is 28.9 Å². The van der Waals surface area contributed by atoms with Gasteiger partial charge in [-0.25, -0.2) is 0 Å². The summed E-state index contributed by atoms with van der Waals surface area (Å²) in [7, 11) is 0. The summed E-state index contributed by atoms with van der Waals surface area (Å²) in [6, 6.07) is 17.7. The molecule has 0 atom stereocenters. The maximum atomic E-state index is 2.48. The lowest BCUT2D eigenvalue weighted by atomic mass is 9.80. The lowest BCUT2D eigenvalue weighted by Crippen LogP contribution is -3.00. The van der Waals surface area contributed by atoms with Gasteiger partial charge < -0.3 is 28.9 Å². The highest BCUT2D eigenvalue weighted by Gasteiger charge is 2.44. The van der Waals surface area contributed by atoms with Crippen LogP contribution in [0.15, 0.2) is 72.0 Å². The maximum absolute atomic E-state index is 2.48. The topological polar surface area (TPSA) is 6.25 Å².